The molecule has 0 saturated heterocycles. The normalized spacial score (nSPS) is 10.7. The minimum atomic E-state index is 0.280. The van der Waals surface area contributed by atoms with Gasteiger partial charge in [-0.2, -0.15) is 5.26 Å². The molecule has 0 amide bonds. The lowest BCUT2D eigenvalue weighted by molar-refractivity contribution is 0.430. The van der Waals surface area contributed by atoms with Crippen molar-refractivity contribution in [1.29, 1.82) is 5.26 Å². The minimum Gasteiger partial charge on any atom is -0.355 e. The summed E-state index contributed by atoms with van der Waals surface area (Å²) in [6.45, 7) is 1.96. The SMILES string of the molecule is Cc1nc2cc(-c3cc(C#N)no3)ccc2n1C. The van der Waals surface area contributed by atoms with Gasteiger partial charge in [0.05, 0.1) is 11.0 Å². The first-order valence-corrected chi connectivity index (χ1v) is 5.49. The number of aromatic nitrogens is 3. The lowest BCUT2D eigenvalue weighted by Gasteiger charge is -1.97. The number of nitriles is 1. The summed E-state index contributed by atoms with van der Waals surface area (Å²) < 4.78 is 7.15. The van der Waals surface area contributed by atoms with Crippen molar-refractivity contribution in [2.24, 2.45) is 7.05 Å². The number of benzene rings is 1. The van der Waals surface area contributed by atoms with Crippen molar-refractivity contribution in [1.82, 2.24) is 14.7 Å². The van der Waals surface area contributed by atoms with Crippen molar-refractivity contribution >= 4 is 11.0 Å². The van der Waals surface area contributed by atoms with Crippen molar-refractivity contribution in [3.05, 3.63) is 35.8 Å². The summed E-state index contributed by atoms with van der Waals surface area (Å²) in [5.41, 5.74) is 3.12. The quantitative estimate of drug-likeness (QED) is 0.652. The van der Waals surface area contributed by atoms with Gasteiger partial charge in [-0.15, -0.1) is 0 Å². The summed E-state index contributed by atoms with van der Waals surface area (Å²) in [6, 6.07) is 9.42. The van der Waals surface area contributed by atoms with E-state index >= 15 is 0 Å². The Kier molecular flexibility index (Phi) is 2.17. The number of hydrogen-bond acceptors (Lipinski definition) is 4. The van der Waals surface area contributed by atoms with E-state index in [9.17, 15) is 0 Å². The van der Waals surface area contributed by atoms with Gasteiger partial charge in [0.25, 0.3) is 0 Å². The van der Waals surface area contributed by atoms with Crippen LogP contribution < -0.4 is 0 Å². The van der Waals surface area contributed by atoms with E-state index in [1.54, 1.807) is 6.07 Å². The Hall–Kier alpha value is -2.61. The first kappa shape index (κ1) is 10.5. The van der Waals surface area contributed by atoms with Gasteiger partial charge in [-0.25, -0.2) is 4.98 Å². The number of hydrogen-bond donors (Lipinski definition) is 0. The fourth-order valence-electron chi connectivity index (χ4n) is 1.94. The summed E-state index contributed by atoms with van der Waals surface area (Å²) in [6.07, 6.45) is 0. The maximum atomic E-state index is 8.72. The topological polar surface area (TPSA) is 67.6 Å². The molecule has 0 bridgehead atoms. The maximum Gasteiger partial charge on any atom is 0.184 e. The van der Waals surface area contributed by atoms with E-state index in [0.717, 1.165) is 22.4 Å². The van der Waals surface area contributed by atoms with Crippen LogP contribution in [0.15, 0.2) is 28.8 Å². The zero-order valence-electron chi connectivity index (χ0n) is 10.0. The molecule has 0 aliphatic heterocycles. The second kappa shape index (κ2) is 3.70. The number of nitrogens with zero attached hydrogens (tertiary/aromatic N) is 4. The van der Waals surface area contributed by atoms with Crippen LogP contribution in [0.25, 0.3) is 22.4 Å². The fourth-order valence-corrected chi connectivity index (χ4v) is 1.94. The number of rotatable bonds is 1. The van der Waals surface area contributed by atoms with Gasteiger partial charge < -0.3 is 9.09 Å². The molecule has 3 aromatic rings. The molecule has 0 saturated carbocycles. The highest BCUT2D eigenvalue weighted by Crippen LogP contribution is 2.24. The van der Waals surface area contributed by atoms with Gasteiger partial charge in [0.15, 0.2) is 11.5 Å². The number of fused-ring (bicyclic) bond motifs is 1. The molecule has 0 fully saturated rings. The average Bonchev–Trinajstić information content (AvgIpc) is 2.95. The van der Waals surface area contributed by atoms with Crippen LogP contribution in [0, 0.1) is 18.3 Å². The molecule has 0 atom stereocenters. The fraction of sp³-hybridized carbons (Fsp3) is 0.154. The first-order chi connectivity index (χ1) is 8.69. The standard InChI is InChI=1S/C13H10N4O/c1-8-15-11-5-9(3-4-12(11)17(8)2)13-6-10(7-14)16-18-13/h3-6H,1-2H3. The molecular formula is C13H10N4O. The largest absolute Gasteiger partial charge is 0.355 e. The van der Waals surface area contributed by atoms with Crippen molar-refractivity contribution in [3.8, 4) is 17.4 Å². The molecule has 88 valence electrons. The molecular weight excluding hydrogens is 228 g/mol. The van der Waals surface area contributed by atoms with Gasteiger partial charge in [-0.05, 0) is 25.1 Å². The third-order valence-corrected chi connectivity index (χ3v) is 3.01. The van der Waals surface area contributed by atoms with E-state index in [1.807, 2.05) is 42.8 Å². The molecule has 18 heavy (non-hydrogen) atoms. The lowest BCUT2D eigenvalue weighted by atomic mass is 10.1. The molecule has 0 N–H and O–H groups in total. The highest BCUT2D eigenvalue weighted by Gasteiger charge is 2.09. The van der Waals surface area contributed by atoms with Crippen LogP contribution in [0.1, 0.15) is 11.5 Å². The first-order valence-electron chi connectivity index (χ1n) is 5.49. The number of aryl methyl sites for hydroxylation is 2. The van der Waals surface area contributed by atoms with Crippen LogP contribution in [0.5, 0.6) is 0 Å². The van der Waals surface area contributed by atoms with Crippen LogP contribution in [0.2, 0.25) is 0 Å². The molecule has 1 aromatic carbocycles. The summed E-state index contributed by atoms with van der Waals surface area (Å²) >= 11 is 0. The average molecular weight is 238 g/mol. The van der Waals surface area contributed by atoms with Crippen molar-refractivity contribution in [2.75, 3.05) is 0 Å². The van der Waals surface area contributed by atoms with Crippen LogP contribution in [0.4, 0.5) is 0 Å². The Labute approximate surface area is 103 Å². The Morgan fingerprint density at radius 3 is 2.89 bits per heavy atom. The highest BCUT2D eigenvalue weighted by atomic mass is 16.5. The van der Waals surface area contributed by atoms with Gasteiger partial charge in [0, 0.05) is 18.7 Å². The van der Waals surface area contributed by atoms with Gasteiger partial charge >= 0.3 is 0 Å². The molecule has 2 heterocycles. The monoisotopic (exact) mass is 238 g/mol. The van der Waals surface area contributed by atoms with Gasteiger partial charge in [0.2, 0.25) is 0 Å². The Morgan fingerprint density at radius 1 is 1.33 bits per heavy atom. The van der Waals surface area contributed by atoms with Crippen LogP contribution >= 0.6 is 0 Å². The molecule has 0 aliphatic carbocycles. The third-order valence-electron chi connectivity index (χ3n) is 3.01. The van der Waals surface area contributed by atoms with Gasteiger partial charge in [-0.3, -0.25) is 0 Å². The second-order valence-corrected chi connectivity index (χ2v) is 4.11. The van der Waals surface area contributed by atoms with E-state index in [4.69, 9.17) is 9.78 Å². The Bertz CT molecular complexity index is 776. The molecule has 3 rings (SSSR count). The van der Waals surface area contributed by atoms with Crippen LogP contribution in [-0.4, -0.2) is 14.7 Å². The van der Waals surface area contributed by atoms with Gasteiger partial charge in [-0.1, -0.05) is 5.16 Å². The maximum absolute atomic E-state index is 8.72. The van der Waals surface area contributed by atoms with Gasteiger partial charge in [0.1, 0.15) is 11.9 Å². The predicted octanol–water partition coefficient (Wildman–Crippen LogP) is 2.41. The molecule has 0 spiro atoms. The van der Waals surface area contributed by atoms with E-state index in [2.05, 4.69) is 10.1 Å². The van der Waals surface area contributed by atoms with Crippen LogP contribution in [-0.2, 0) is 7.05 Å². The second-order valence-electron chi connectivity index (χ2n) is 4.11. The van der Waals surface area contributed by atoms with E-state index in [-0.39, 0.29) is 5.69 Å². The minimum absolute atomic E-state index is 0.280. The predicted molar refractivity (Wildman–Crippen MR) is 65.7 cm³/mol. The molecule has 2 aromatic heterocycles. The lowest BCUT2D eigenvalue weighted by Crippen LogP contribution is -1.89. The van der Waals surface area contributed by atoms with E-state index < -0.39 is 0 Å². The summed E-state index contributed by atoms with van der Waals surface area (Å²) in [5, 5.41) is 12.4. The summed E-state index contributed by atoms with van der Waals surface area (Å²) in [4.78, 5) is 4.46. The number of imidazole rings is 1. The van der Waals surface area contributed by atoms with Crippen LogP contribution in [0.3, 0.4) is 0 Å². The smallest absolute Gasteiger partial charge is 0.184 e. The van der Waals surface area contributed by atoms with Crippen molar-refractivity contribution in [3.63, 3.8) is 0 Å². The zero-order chi connectivity index (χ0) is 12.7. The molecule has 0 unspecified atom stereocenters. The van der Waals surface area contributed by atoms with Crippen molar-refractivity contribution in [2.45, 2.75) is 6.92 Å². The molecule has 0 aliphatic rings. The third kappa shape index (κ3) is 1.47. The summed E-state index contributed by atoms with van der Waals surface area (Å²) in [5.74, 6) is 1.54. The Morgan fingerprint density at radius 2 is 2.17 bits per heavy atom. The molecule has 0 radical (unpaired) electrons. The van der Waals surface area contributed by atoms with E-state index in [1.165, 1.54) is 0 Å². The Balaban J connectivity index is 2.16. The van der Waals surface area contributed by atoms with Crippen molar-refractivity contribution < 1.29 is 4.52 Å². The summed E-state index contributed by atoms with van der Waals surface area (Å²) in [7, 11) is 1.98. The highest BCUT2D eigenvalue weighted by molar-refractivity contribution is 5.81. The molecule has 5 nitrogen and oxygen atoms in total. The van der Waals surface area contributed by atoms with E-state index in [0.29, 0.717) is 5.76 Å². The zero-order valence-corrected chi connectivity index (χ0v) is 10.0. The molecule has 5 heteroatoms.